The highest BCUT2D eigenvalue weighted by atomic mass is 79.9. The second-order valence-electron chi connectivity index (χ2n) is 3.66. The SMILES string of the molecule is CC(c1ccc(Br)cc1)N1C(=O)NC(=O)C1=O. The van der Waals surface area contributed by atoms with Crippen LogP contribution in [0.3, 0.4) is 0 Å². The van der Waals surface area contributed by atoms with Crippen molar-refractivity contribution in [3.63, 3.8) is 0 Å². The monoisotopic (exact) mass is 296 g/mol. The molecule has 1 fully saturated rings. The Morgan fingerprint density at radius 2 is 1.76 bits per heavy atom. The number of hydrogen-bond donors (Lipinski definition) is 1. The normalized spacial score (nSPS) is 17.3. The molecule has 1 unspecified atom stereocenters. The molecule has 1 aliphatic rings. The van der Waals surface area contributed by atoms with Gasteiger partial charge in [0.1, 0.15) is 0 Å². The third kappa shape index (κ3) is 2.08. The minimum Gasteiger partial charge on any atom is -0.269 e. The van der Waals surface area contributed by atoms with E-state index in [0.29, 0.717) is 0 Å². The summed E-state index contributed by atoms with van der Waals surface area (Å²) in [6, 6.07) is 6.06. The van der Waals surface area contributed by atoms with Gasteiger partial charge in [0.25, 0.3) is 0 Å². The molecule has 0 aromatic heterocycles. The molecule has 0 radical (unpaired) electrons. The minimum atomic E-state index is -0.876. The van der Waals surface area contributed by atoms with E-state index < -0.39 is 23.9 Å². The van der Waals surface area contributed by atoms with E-state index in [2.05, 4.69) is 15.9 Å². The van der Waals surface area contributed by atoms with Gasteiger partial charge in [-0.15, -0.1) is 0 Å². The Morgan fingerprint density at radius 1 is 1.18 bits per heavy atom. The Labute approximate surface area is 106 Å². The van der Waals surface area contributed by atoms with Gasteiger partial charge in [-0.3, -0.25) is 14.9 Å². The van der Waals surface area contributed by atoms with Crippen LogP contribution in [0.15, 0.2) is 28.7 Å². The molecular weight excluding hydrogens is 288 g/mol. The van der Waals surface area contributed by atoms with Crippen molar-refractivity contribution in [3.05, 3.63) is 34.3 Å². The fraction of sp³-hybridized carbons (Fsp3) is 0.182. The molecule has 1 aromatic rings. The Balaban J connectivity index is 2.28. The zero-order valence-electron chi connectivity index (χ0n) is 8.94. The Kier molecular flexibility index (Phi) is 2.97. The Bertz CT molecular complexity index is 498. The lowest BCUT2D eigenvalue weighted by atomic mass is 10.1. The smallest absolute Gasteiger partial charge is 0.269 e. The van der Waals surface area contributed by atoms with E-state index >= 15 is 0 Å². The summed E-state index contributed by atoms with van der Waals surface area (Å²) in [7, 11) is 0. The lowest BCUT2D eigenvalue weighted by Gasteiger charge is -2.20. The van der Waals surface area contributed by atoms with Gasteiger partial charge in [0.2, 0.25) is 0 Å². The van der Waals surface area contributed by atoms with E-state index in [9.17, 15) is 14.4 Å². The number of hydrogen-bond acceptors (Lipinski definition) is 3. The van der Waals surface area contributed by atoms with Crippen molar-refractivity contribution in [2.45, 2.75) is 13.0 Å². The molecule has 0 saturated carbocycles. The first-order valence-electron chi connectivity index (χ1n) is 4.94. The van der Waals surface area contributed by atoms with E-state index in [0.717, 1.165) is 14.9 Å². The van der Waals surface area contributed by atoms with Crippen LogP contribution < -0.4 is 5.32 Å². The number of nitrogens with zero attached hydrogens (tertiary/aromatic N) is 1. The van der Waals surface area contributed by atoms with Gasteiger partial charge in [0, 0.05) is 4.47 Å². The molecule has 1 aliphatic heterocycles. The van der Waals surface area contributed by atoms with Crippen molar-refractivity contribution < 1.29 is 14.4 Å². The predicted octanol–water partition coefficient (Wildman–Crippen LogP) is 1.59. The number of carbonyl (C=O) groups excluding carboxylic acids is 3. The summed E-state index contributed by atoms with van der Waals surface area (Å²) in [6.45, 7) is 1.69. The summed E-state index contributed by atoms with van der Waals surface area (Å²) in [4.78, 5) is 34.9. The van der Waals surface area contributed by atoms with Crippen LogP contribution in [0, 0.1) is 0 Å². The van der Waals surface area contributed by atoms with Gasteiger partial charge in [0.05, 0.1) is 6.04 Å². The number of nitrogens with one attached hydrogen (secondary N) is 1. The zero-order valence-corrected chi connectivity index (χ0v) is 10.5. The average molecular weight is 297 g/mol. The van der Waals surface area contributed by atoms with Gasteiger partial charge < -0.3 is 0 Å². The second-order valence-corrected chi connectivity index (χ2v) is 4.58. The van der Waals surface area contributed by atoms with E-state index in [4.69, 9.17) is 0 Å². The molecule has 1 atom stereocenters. The molecule has 2 rings (SSSR count). The lowest BCUT2D eigenvalue weighted by molar-refractivity contribution is -0.141. The standard InChI is InChI=1S/C11H9BrN2O3/c1-6(7-2-4-8(12)5-3-7)14-10(16)9(15)13-11(14)17/h2-6H,1H3,(H,13,15,17). The van der Waals surface area contributed by atoms with Crippen LogP contribution >= 0.6 is 15.9 Å². The summed E-state index contributed by atoms with van der Waals surface area (Å²) in [5.74, 6) is -1.69. The number of urea groups is 1. The molecule has 1 N–H and O–H groups in total. The molecule has 6 heteroatoms. The Morgan fingerprint density at radius 3 is 2.24 bits per heavy atom. The second kappa shape index (κ2) is 4.29. The highest BCUT2D eigenvalue weighted by molar-refractivity contribution is 9.10. The van der Waals surface area contributed by atoms with Crippen molar-refractivity contribution in [1.82, 2.24) is 10.2 Å². The van der Waals surface area contributed by atoms with Crippen LogP contribution in [0.25, 0.3) is 0 Å². The van der Waals surface area contributed by atoms with Gasteiger partial charge >= 0.3 is 17.8 Å². The molecule has 88 valence electrons. The highest BCUT2D eigenvalue weighted by Gasteiger charge is 2.40. The quantitative estimate of drug-likeness (QED) is 0.666. The summed E-state index contributed by atoms with van der Waals surface area (Å²) in [6.07, 6.45) is 0. The summed E-state index contributed by atoms with van der Waals surface area (Å²) < 4.78 is 0.904. The molecule has 0 bridgehead atoms. The fourth-order valence-electron chi connectivity index (χ4n) is 1.65. The molecule has 5 nitrogen and oxygen atoms in total. The first-order chi connectivity index (χ1) is 8.00. The largest absolute Gasteiger partial charge is 0.332 e. The third-order valence-electron chi connectivity index (χ3n) is 2.59. The highest BCUT2D eigenvalue weighted by Crippen LogP contribution is 2.24. The first-order valence-corrected chi connectivity index (χ1v) is 5.74. The number of imide groups is 2. The minimum absolute atomic E-state index is 0.470. The molecule has 1 heterocycles. The summed E-state index contributed by atoms with van der Waals surface area (Å²) in [5.41, 5.74) is 0.784. The van der Waals surface area contributed by atoms with Crippen LogP contribution in [-0.2, 0) is 9.59 Å². The van der Waals surface area contributed by atoms with E-state index in [-0.39, 0.29) is 0 Å². The van der Waals surface area contributed by atoms with Crippen molar-refractivity contribution in [2.75, 3.05) is 0 Å². The Hall–Kier alpha value is -1.69. The molecule has 1 saturated heterocycles. The average Bonchev–Trinajstić information content (AvgIpc) is 2.53. The lowest BCUT2D eigenvalue weighted by Crippen LogP contribution is -2.33. The maximum atomic E-state index is 11.5. The number of rotatable bonds is 2. The van der Waals surface area contributed by atoms with Gasteiger partial charge in [-0.05, 0) is 24.6 Å². The van der Waals surface area contributed by atoms with Crippen molar-refractivity contribution in [3.8, 4) is 0 Å². The van der Waals surface area contributed by atoms with E-state index in [1.54, 1.807) is 19.1 Å². The van der Waals surface area contributed by atoms with Crippen molar-refractivity contribution >= 4 is 33.8 Å². The maximum absolute atomic E-state index is 11.5. The van der Waals surface area contributed by atoms with Crippen molar-refractivity contribution in [2.24, 2.45) is 0 Å². The molecule has 0 aliphatic carbocycles. The number of carbonyl (C=O) groups is 3. The van der Waals surface area contributed by atoms with Gasteiger partial charge in [-0.25, -0.2) is 9.69 Å². The fourth-order valence-corrected chi connectivity index (χ4v) is 1.92. The van der Waals surface area contributed by atoms with Crippen molar-refractivity contribution in [1.29, 1.82) is 0 Å². The number of benzene rings is 1. The summed E-state index contributed by atoms with van der Waals surface area (Å²) in [5, 5.41) is 1.97. The van der Waals surface area contributed by atoms with E-state index in [1.807, 2.05) is 17.4 Å². The molecule has 17 heavy (non-hydrogen) atoms. The summed E-state index contributed by atoms with van der Waals surface area (Å²) >= 11 is 3.30. The number of amides is 4. The topological polar surface area (TPSA) is 66.5 Å². The number of halogens is 1. The maximum Gasteiger partial charge on any atom is 0.332 e. The molecule has 4 amide bonds. The van der Waals surface area contributed by atoms with E-state index in [1.165, 1.54) is 0 Å². The van der Waals surface area contributed by atoms with Crippen LogP contribution in [-0.4, -0.2) is 22.7 Å². The van der Waals surface area contributed by atoms with Crippen LogP contribution in [0.2, 0.25) is 0 Å². The first kappa shape index (κ1) is 11.8. The van der Waals surface area contributed by atoms with Gasteiger partial charge in [-0.1, -0.05) is 28.1 Å². The van der Waals surface area contributed by atoms with Crippen LogP contribution in [0.5, 0.6) is 0 Å². The van der Waals surface area contributed by atoms with Gasteiger partial charge in [-0.2, -0.15) is 0 Å². The van der Waals surface area contributed by atoms with Crippen LogP contribution in [0.4, 0.5) is 4.79 Å². The zero-order chi connectivity index (χ0) is 12.6. The molecule has 0 spiro atoms. The molecular formula is C11H9BrN2O3. The predicted molar refractivity (Wildman–Crippen MR) is 62.9 cm³/mol. The van der Waals surface area contributed by atoms with Gasteiger partial charge in [0.15, 0.2) is 0 Å². The van der Waals surface area contributed by atoms with Crippen LogP contribution in [0.1, 0.15) is 18.5 Å². The third-order valence-corrected chi connectivity index (χ3v) is 3.12. The molecule has 1 aromatic carbocycles.